The molecule has 0 heterocycles. The second kappa shape index (κ2) is 24.2. The molecule has 176 valence electrons. The monoisotopic (exact) mass is 422 g/mol. The quantitative estimate of drug-likeness (QED) is 0.128. The smallest absolute Gasteiger partial charge is 0.303 e. The molecule has 0 saturated carbocycles. The average Bonchev–Trinajstić information content (AvgIpc) is 2.72. The van der Waals surface area contributed by atoms with E-state index < -0.39 is 5.97 Å². The normalized spacial score (nSPS) is 12.9. The number of aliphatic hydroxyl groups excluding tert-OH is 1. The Balaban J connectivity index is 3.30. The van der Waals surface area contributed by atoms with Crippen LogP contribution >= 0.6 is 0 Å². The van der Waals surface area contributed by atoms with E-state index in [1.807, 2.05) is 0 Å². The lowest BCUT2D eigenvalue weighted by Crippen LogP contribution is -2.04. The number of carboxylic acid groups (broad SMARTS) is 1. The lowest BCUT2D eigenvalue weighted by Gasteiger charge is -2.07. The summed E-state index contributed by atoms with van der Waals surface area (Å²) in [6, 6.07) is 0. The third-order valence-electron chi connectivity index (χ3n) is 5.67. The van der Waals surface area contributed by atoms with Crippen LogP contribution < -0.4 is 0 Å². The van der Waals surface area contributed by atoms with Crippen molar-refractivity contribution in [3.63, 3.8) is 0 Å². The molecule has 0 aliphatic heterocycles. The zero-order valence-corrected chi connectivity index (χ0v) is 19.8. The number of unbranched alkanes of at least 4 members (excludes halogenated alkanes) is 14. The van der Waals surface area contributed by atoms with Crippen LogP contribution in [0.5, 0.6) is 0 Å². The van der Waals surface area contributed by atoms with Gasteiger partial charge in [0.1, 0.15) is 0 Å². The van der Waals surface area contributed by atoms with E-state index in [4.69, 9.17) is 5.11 Å². The summed E-state index contributed by atoms with van der Waals surface area (Å²) in [7, 11) is 0. The largest absolute Gasteiger partial charge is 0.481 e. The molecule has 0 fully saturated rings. The summed E-state index contributed by atoms with van der Waals surface area (Å²) in [5.74, 6) is -0.674. The molecular formula is C27H50O3. The van der Waals surface area contributed by atoms with Gasteiger partial charge in [0.05, 0.1) is 6.10 Å². The summed E-state index contributed by atoms with van der Waals surface area (Å²) in [6.07, 6.45) is 31.3. The van der Waals surface area contributed by atoms with E-state index in [2.05, 4.69) is 31.2 Å². The summed E-state index contributed by atoms with van der Waals surface area (Å²) >= 11 is 0. The Hall–Kier alpha value is -1.09. The summed E-state index contributed by atoms with van der Waals surface area (Å²) < 4.78 is 0. The summed E-state index contributed by atoms with van der Waals surface area (Å²) in [5.41, 5.74) is 0. The summed E-state index contributed by atoms with van der Waals surface area (Å²) in [5, 5.41) is 18.7. The fraction of sp³-hybridized carbons (Fsp3) is 0.815. The van der Waals surface area contributed by atoms with Gasteiger partial charge in [0.25, 0.3) is 0 Å². The first-order valence-electron chi connectivity index (χ1n) is 12.9. The lowest BCUT2D eigenvalue weighted by atomic mass is 10.0. The van der Waals surface area contributed by atoms with Crippen molar-refractivity contribution < 1.29 is 15.0 Å². The van der Waals surface area contributed by atoms with E-state index in [0.29, 0.717) is 6.42 Å². The SMILES string of the molecule is CCCCCCCC=CCC=CCC(O)CCCCCCCCCCCCC(=O)O. The Kier molecular flexibility index (Phi) is 23.3. The van der Waals surface area contributed by atoms with Crippen LogP contribution in [0, 0.1) is 0 Å². The number of carboxylic acids is 1. The Morgan fingerprint density at radius 3 is 1.87 bits per heavy atom. The second-order valence-corrected chi connectivity index (χ2v) is 8.74. The number of aliphatic hydroxyl groups is 1. The Bertz CT molecular complexity index is 414. The molecule has 30 heavy (non-hydrogen) atoms. The van der Waals surface area contributed by atoms with E-state index in [1.54, 1.807) is 0 Å². The van der Waals surface area contributed by atoms with Crippen molar-refractivity contribution in [1.82, 2.24) is 0 Å². The molecule has 1 unspecified atom stereocenters. The third-order valence-corrected chi connectivity index (χ3v) is 5.67. The van der Waals surface area contributed by atoms with Crippen LogP contribution in [0.25, 0.3) is 0 Å². The van der Waals surface area contributed by atoms with Crippen LogP contribution in [-0.2, 0) is 4.79 Å². The highest BCUT2D eigenvalue weighted by molar-refractivity contribution is 5.66. The van der Waals surface area contributed by atoms with Gasteiger partial charge in [0.15, 0.2) is 0 Å². The summed E-state index contributed by atoms with van der Waals surface area (Å²) in [4.78, 5) is 10.4. The average molecular weight is 423 g/mol. The van der Waals surface area contributed by atoms with E-state index in [9.17, 15) is 9.90 Å². The first-order chi connectivity index (χ1) is 14.7. The van der Waals surface area contributed by atoms with Crippen LogP contribution in [0.4, 0.5) is 0 Å². The van der Waals surface area contributed by atoms with E-state index in [1.165, 1.54) is 83.5 Å². The minimum atomic E-state index is -0.674. The molecule has 3 heteroatoms. The van der Waals surface area contributed by atoms with Crippen molar-refractivity contribution in [3.05, 3.63) is 24.3 Å². The molecule has 0 aromatic heterocycles. The maximum atomic E-state index is 10.4. The number of rotatable bonds is 23. The topological polar surface area (TPSA) is 57.5 Å². The van der Waals surface area contributed by atoms with Crippen molar-refractivity contribution in [2.45, 2.75) is 141 Å². The molecule has 0 bridgehead atoms. The molecule has 0 aromatic carbocycles. The molecule has 0 radical (unpaired) electrons. The highest BCUT2D eigenvalue weighted by Gasteiger charge is 2.01. The van der Waals surface area contributed by atoms with Gasteiger partial charge in [0, 0.05) is 6.42 Å². The third kappa shape index (κ3) is 24.9. The second-order valence-electron chi connectivity index (χ2n) is 8.74. The first-order valence-corrected chi connectivity index (χ1v) is 12.9. The predicted octanol–water partition coefficient (Wildman–Crippen LogP) is 8.37. The number of allylic oxidation sites excluding steroid dienone is 3. The highest BCUT2D eigenvalue weighted by atomic mass is 16.4. The van der Waals surface area contributed by atoms with Gasteiger partial charge in [-0.25, -0.2) is 0 Å². The Morgan fingerprint density at radius 1 is 0.700 bits per heavy atom. The number of hydrogen-bond donors (Lipinski definition) is 2. The molecule has 1 atom stereocenters. The van der Waals surface area contributed by atoms with Crippen molar-refractivity contribution >= 4 is 5.97 Å². The van der Waals surface area contributed by atoms with Crippen molar-refractivity contribution in [2.75, 3.05) is 0 Å². The minimum Gasteiger partial charge on any atom is -0.481 e. The van der Waals surface area contributed by atoms with Crippen LogP contribution in [-0.4, -0.2) is 22.3 Å². The van der Waals surface area contributed by atoms with Gasteiger partial charge >= 0.3 is 5.97 Å². The van der Waals surface area contributed by atoms with Gasteiger partial charge in [-0.15, -0.1) is 0 Å². The lowest BCUT2D eigenvalue weighted by molar-refractivity contribution is -0.137. The van der Waals surface area contributed by atoms with Gasteiger partial charge in [-0.3, -0.25) is 4.79 Å². The standard InChI is InChI=1S/C27H50O3/c1-2-3-4-5-6-7-8-11-14-17-20-23-26(28)24-21-18-15-12-9-10-13-16-19-22-25-27(29)30/h8,11,17,20,26,28H,2-7,9-10,12-16,18-19,21-25H2,1H3,(H,29,30). The molecule has 3 nitrogen and oxygen atoms in total. The zero-order valence-electron chi connectivity index (χ0n) is 19.8. The maximum absolute atomic E-state index is 10.4. The molecule has 0 spiro atoms. The molecular weight excluding hydrogens is 372 g/mol. The molecule has 0 aromatic rings. The van der Waals surface area contributed by atoms with Crippen LogP contribution in [0.1, 0.15) is 135 Å². The maximum Gasteiger partial charge on any atom is 0.303 e. The fourth-order valence-electron chi connectivity index (χ4n) is 3.70. The number of hydrogen-bond acceptors (Lipinski definition) is 2. The molecule has 0 amide bonds. The number of carbonyl (C=O) groups is 1. The molecule has 0 saturated heterocycles. The molecule has 0 rings (SSSR count). The highest BCUT2D eigenvalue weighted by Crippen LogP contribution is 2.13. The van der Waals surface area contributed by atoms with Gasteiger partial charge < -0.3 is 10.2 Å². The van der Waals surface area contributed by atoms with Gasteiger partial charge in [-0.05, 0) is 38.5 Å². The van der Waals surface area contributed by atoms with Crippen molar-refractivity contribution in [3.8, 4) is 0 Å². The van der Waals surface area contributed by atoms with Gasteiger partial charge in [-0.2, -0.15) is 0 Å². The molecule has 0 aliphatic rings. The van der Waals surface area contributed by atoms with Gasteiger partial charge in [-0.1, -0.05) is 115 Å². The van der Waals surface area contributed by atoms with Gasteiger partial charge in [0.2, 0.25) is 0 Å². The van der Waals surface area contributed by atoms with Crippen LogP contribution in [0.3, 0.4) is 0 Å². The summed E-state index contributed by atoms with van der Waals surface area (Å²) in [6.45, 7) is 2.25. The van der Waals surface area contributed by atoms with E-state index in [-0.39, 0.29) is 6.10 Å². The fourth-order valence-corrected chi connectivity index (χ4v) is 3.70. The predicted molar refractivity (Wildman–Crippen MR) is 130 cm³/mol. The Labute approximate surface area is 187 Å². The Morgan fingerprint density at radius 2 is 1.23 bits per heavy atom. The van der Waals surface area contributed by atoms with E-state index in [0.717, 1.165) is 38.5 Å². The first kappa shape index (κ1) is 28.9. The minimum absolute atomic E-state index is 0.186. The molecule has 2 N–H and O–H groups in total. The zero-order chi connectivity index (χ0) is 22.1. The van der Waals surface area contributed by atoms with Crippen LogP contribution in [0.2, 0.25) is 0 Å². The number of aliphatic carboxylic acids is 1. The van der Waals surface area contributed by atoms with Crippen molar-refractivity contribution in [1.29, 1.82) is 0 Å². The van der Waals surface area contributed by atoms with Crippen LogP contribution in [0.15, 0.2) is 24.3 Å². The molecule has 0 aliphatic carbocycles. The van der Waals surface area contributed by atoms with E-state index >= 15 is 0 Å². The van der Waals surface area contributed by atoms with Crippen molar-refractivity contribution in [2.24, 2.45) is 0 Å².